The van der Waals surface area contributed by atoms with Crippen molar-refractivity contribution in [3.63, 3.8) is 0 Å². The monoisotopic (exact) mass is 215 g/mol. The molecule has 1 nitrogen and oxygen atoms in total. The van der Waals surface area contributed by atoms with E-state index >= 15 is 0 Å². The van der Waals surface area contributed by atoms with E-state index < -0.39 is 0 Å². The van der Waals surface area contributed by atoms with E-state index in [0.717, 1.165) is 25.0 Å². The molecule has 0 fully saturated rings. The molecule has 0 N–H and O–H groups in total. The third-order valence-electron chi connectivity index (χ3n) is 2.48. The minimum Gasteiger partial charge on any atom is -0.261 e. The van der Waals surface area contributed by atoms with E-state index in [1.807, 2.05) is 18.3 Å². The van der Waals surface area contributed by atoms with Crippen molar-refractivity contribution >= 4 is 0 Å². The maximum absolute atomic E-state index is 4.30. The number of rotatable bonds is 5. The van der Waals surface area contributed by atoms with Gasteiger partial charge < -0.3 is 0 Å². The second kappa shape index (κ2) is 7.00. The SMILES string of the molecule is CC(C)=CCCC(C)=CCc1ccccn1. The summed E-state index contributed by atoms with van der Waals surface area (Å²) in [6, 6.07) is 6.06. The number of aromatic nitrogens is 1. The summed E-state index contributed by atoms with van der Waals surface area (Å²) >= 11 is 0. The first-order valence-corrected chi connectivity index (χ1v) is 5.87. The first-order chi connectivity index (χ1) is 7.68. The van der Waals surface area contributed by atoms with Gasteiger partial charge in [0.25, 0.3) is 0 Å². The molecule has 0 aliphatic heterocycles. The molecule has 1 aromatic heterocycles. The van der Waals surface area contributed by atoms with Crippen LogP contribution >= 0.6 is 0 Å². The van der Waals surface area contributed by atoms with Gasteiger partial charge in [0.1, 0.15) is 0 Å². The van der Waals surface area contributed by atoms with Crippen molar-refractivity contribution in [3.8, 4) is 0 Å². The molecule has 1 heterocycles. The summed E-state index contributed by atoms with van der Waals surface area (Å²) in [5.74, 6) is 0. The number of hydrogen-bond acceptors (Lipinski definition) is 1. The quantitative estimate of drug-likeness (QED) is 0.667. The summed E-state index contributed by atoms with van der Waals surface area (Å²) in [7, 11) is 0. The van der Waals surface area contributed by atoms with Gasteiger partial charge in [0.15, 0.2) is 0 Å². The summed E-state index contributed by atoms with van der Waals surface area (Å²) in [4.78, 5) is 4.30. The molecule has 0 radical (unpaired) electrons. The maximum atomic E-state index is 4.30. The fraction of sp³-hybridized carbons (Fsp3) is 0.400. The lowest BCUT2D eigenvalue weighted by Crippen LogP contribution is -1.86. The Morgan fingerprint density at radius 3 is 2.62 bits per heavy atom. The van der Waals surface area contributed by atoms with Crippen LogP contribution < -0.4 is 0 Å². The van der Waals surface area contributed by atoms with Crippen LogP contribution in [-0.4, -0.2) is 4.98 Å². The molecular weight excluding hydrogens is 194 g/mol. The predicted octanol–water partition coefficient (Wildman–Crippen LogP) is 4.32. The third-order valence-corrected chi connectivity index (χ3v) is 2.48. The molecule has 1 rings (SSSR count). The molecule has 0 aromatic carbocycles. The number of allylic oxidation sites excluding steroid dienone is 4. The normalized spacial score (nSPS) is 11.3. The smallest absolute Gasteiger partial charge is 0.0441 e. The average molecular weight is 215 g/mol. The Kier molecular flexibility index (Phi) is 5.55. The number of hydrogen-bond donors (Lipinski definition) is 0. The van der Waals surface area contributed by atoms with Gasteiger partial charge in [0.05, 0.1) is 0 Å². The topological polar surface area (TPSA) is 12.9 Å². The van der Waals surface area contributed by atoms with Crippen LogP contribution in [0.2, 0.25) is 0 Å². The van der Waals surface area contributed by atoms with Crippen LogP contribution in [0.3, 0.4) is 0 Å². The zero-order valence-electron chi connectivity index (χ0n) is 10.5. The molecule has 16 heavy (non-hydrogen) atoms. The fourth-order valence-corrected chi connectivity index (χ4v) is 1.49. The average Bonchev–Trinajstić information content (AvgIpc) is 2.27. The molecule has 0 amide bonds. The van der Waals surface area contributed by atoms with Gasteiger partial charge in [-0.15, -0.1) is 0 Å². The highest BCUT2D eigenvalue weighted by molar-refractivity contribution is 5.11. The van der Waals surface area contributed by atoms with Crippen molar-refractivity contribution < 1.29 is 0 Å². The van der Waals surface area contributed by atoms with Gasteiger partial charge in [0, 0.05) is 18.3 Å². The molecule has 0 spiro atoms. The Balaban J connectivity index is 2.37. The second-order valence-corrected chi connectivity index (χ2v) is 4.40. The number of pyridine rings is 1. The number of nitrogens with zero attached hydrogens (tertiary/aromatic N) is 1. The molecule has 0 aliphatic carbocycles. The van der Waals surface area contributed by atoms with Crippen molar-refractivity contribution in [3.05, 3.63) is 53.4 Å². The molecule has 1 aromatic rings. The van der Waals surface area contributed by atoms with Gasteiger partial charge in [0.2, 0.25) is 0 Å². The highest BCUT2D eigenvalue weighted by Gasteiger charge is 1.92. The zero-order chi connectivity index (χ0) is 11.8. The van der Waals surface area contributed by atoms with E-state index in [1.54, 1.807) is 0 Å². The summed E-state index contributed by atoms with van der Waals surface area (Å²) in [6.45, 7) is 6.49. The minimum absolute atomic E-state index is 0.946. The predicted molar refractivity (Wildman–Crippen MR) is 70.4 cm³/mol. The van der Waals surface area contributed by atoms with E-state index in [4.69, 9.17) is 0 Å². The van der Waals surface area contributed by atoms with Gasteiger partial charge in [-0.1, -0.05) is 29.4 Å². The van der Waals surface area contributed by atoms with Crippen molar-refractivity contribution in [1.29, 1.82) is 0 Å². The summed E-state index contributed by atoms with van der Waals surface area (Å²) in [5, 5.41) is 0. The summed E-state index contributed by atoms with van der Waals surface area (Å²) in [6.07, 6.45) is 9.66. The van der Waals surface area contributed by atoms with E-state index in [9.17, 15) is 0 Å². The molecule has 0 bridgehead atoms. The highest BCUT2D eigenvalue weighted by atomic mass is 14.7. The van der Waals surface area contributed by atoms with Crippen molar-refractivity contribution in [2.24, 2.45) is 0 Å². The zero-order valence-corrected chi connectivity index (χ0v) is 10.5. The Morgan fingerprint density at radius 2 is 2.00 bits per heavy atom. The lowest BCUT2D eigenvalue weighted by Gasteiger charge is -1.99. The van der Waals surface area contributed by atoms with Crippen LogP contribution in [0.5, 0.6) is 0 Å². The lowest BCUT2D eigenvalue weighted by atomic mass is 10.1. The largest absolute Gasteiger partial charge is 0.261 e. The van der Waals surface area contributed by atoms with Crippen molar-refractivity contribution in [2.45, 2.75) is 40.0 Å². The minimum atomic E-state index is 0.946. The standard InChI is InChI=1S/C15H21N/c1-13(2)7-6-8-14(3)10-11-15-9-4-5-12-16-15/h4-5,7,9-10,12H,6,8,11H2,1-3H3. The fourth-order valence-electron chi connectivity index (χ4n) is 1.49. The van der Waals surface area contributed by atoms with Gasteiger partial charge >= 0.3 is 0 Å². The molecule has 1 heteroatoms. The molecular formula is C15H21N. The first-order valence-electron chi connectivity index (χ1n) is 5.87. The molecule has 0 atom stereocenters. The van der Waals surface area contributed by atoms with Crippen LogP contribution in [0.25, 0.3) is 0 Å². The van der Waals surface area contributed by atoms with Crippen LogP contribution in [-0.2, 0) is 6.42 Å². The van der Waals surface area contributed by atoms with Crippen LogP contribution in [0.1, 0.15) is 39.3 Å². The van der Waals surface area contributed by atoms with Gasteiger partial charge in [-0.05, 0) is 45.7 Å². The van der Waals surface area contributed by atoms with Gasteiger partial charge in [-0.25, -0.2) is 0 Å². The Hall–Kier alpha value is -1.37. The maximum Gasteiger partial charge on any atom is 0.0441 e. The van der Waals surface area contributed by atoms with E-state index in [-0.39, 0.29) is 0 Å². The van der Waals surface area contributed by atoms with Crippen LogP contribution in [0.4, 0.5) is 0 Å². The van der Waals surface area contributed by atoms with E-state index in [1.165, 1.54) is 11.1 Å². The Morgan fingerprint density at radius 1 is 1.19 bits per heavy atom. The van der Waals surface area contributed by atoms with Crippen molar-refractivity contribution in [1.82, 2.24) is 4.98 Å². The molecule has 86 valence electrons. The summed E-state index contributed by atoms with van der Waals surface area (Å²) in [5.41, 5.74) is 3.99. The van der Waals surface area contributed by atoms with Crippen LogP contribution in [0.15, 0.2) is 47.7 Å². The molecule has 0 aliphatic rings. The lowest BCUT2D eigenvalue weighted by molar-refractivity contribution is 0.950. The second-order valence-electron chi connectivity index (χ2n) is 4.40. The third kappa shape index (κ3) is 5.50. The molecule has 0 unspecified atom stereocenters. The van der Waals surface area contributed by atoms with E-state index in [0.29, 0.717) is 0 Å². The van der Waals surface area contributed by atoms with Crippen molar-refractivity contribution in [2.75, 3.05) is 0 Å². The Labute approximate surface area is 98.9 Å². The highest BCUT2D eigenvalue weighted by Crippen LogP contribution is 2.08. The van der Waals surface area contributed by atoms with Gasteiger partial charge in [-0.2, -0.15) is 0 Å². The van der Waals surface area contributed by atoms with Gasteiger partial charge in [-0.3, -0.25) is 4.98 Å². The molecule has 0 saturated carbocycles. The molecule has 0 saturated heterocycles. The Bertz CT molecular complexity index is 356. The first kappa shape index (κ1) is 12.7. The van der Waals surface area contributed by atoms with Crippen LogP contribution in [0, 0.1) is 0 Å². The van der Waals surface area contributed by atoms with E-state index in [2.05, 4.69) is 44.0 Å². The summed E-state index contributed by atoms with van der Waals surface area (Å²) < 4.78 is 0.